The number of para-hydroxylation sites is 2. The molecule has 1 aliphatic heterocycles. The lowest BCUT2D eigenvalue weighted by molar-refractivity contribution is -0.119. The first-order chi connectivity index (χ1) is 11.6. The number of carbonyl (C=O) groups excluding carboxylic acids is 1. The van der Waals surface area contributed by atoms with Crippen LogP contribution in [0.2, 0.25) is 0 Å². The maximum atomic E-state index is 13.5. The van der Waals surface area contributed by atoms with Gasteiger partial charge in [-0.1, -0.05) is 12.1 Å². The van der Waals surface area contributed by atoms with Gasteiger partial charge in [0.2, 0.25) is 5.91 Å². The summed E-state index contributed by atoms with van der Waals surface area (Å²) in [5.74, 6) is -0.0621. The average molecular weight is 351 g/mol. The number of fused-ring (bicyclic) bond motifs is 1. The van der Waals surface area contributed by atoms with Crippen molar-refractivity contribution in [3.05, 3.63) is 54.1 Å². The fourth-order valence-corrected chi connectivity index (χ4v) is 2.96. The molecule has 4 nitrogen and oxygen atoms in total. The van der Waals surface area contributed by atoms with Crippen molar-refractivity contribution in [2.24, 2.45) is 0 Å². The Morgan fingerprint density at radius 1 is 1.21 bits per heavy atom. The molecule has 0 bridgehead atoms. The van der Waals surface area contributed by atoms with E-state index in [9.17, 15) is 13.6 Å². The van der Waals surface area contributed by atoms with E-state index in [1.807, 2.05) is 18.2 Å². The van der Waals surface area contributed by atoms with E-state index in [1.165, 1.54) is 0 Å². The Balaban J connectivity index is 1.46. The molecule has 1 aliphatic rings. The zero-order valence-electron chi connectivity index (χ0n) is 12.6. The van der Waals surface area contributed by atoms with E-state index in [-0.39, 0.29) is 29.2 Å². The molecule has 1 atom stereocenters. The Hall–Kier alpha value is -2.28. The largest absolute Gasteiger partial charge is 0.486 e. The molecule has 0 aromatic heterocycles. The molecule has 2 aromatic rings. The predicted octanol–water partition coefficient (Wildman–Crippen LogP) is 3.01. The number of nitrogens with one attached hydrogen (secondary N) is 1. The topological polar surface area (TPSA) is 47.6 Å². The van der Waals surface area contributed by atoms with Gasteiger partial charge in [0.05, 0.1) is 12.3 Å². The Morgan fingerprint density at radius 3 is 2.83 bits per heavy atom. The van der Waals surface area contributed by atoms with E-state index in [4.69, 9.17) is 9.47 Å². The molecule has 0 radical (unpaired) electrons. The van der Waals surface area contributed by atoms with Crippen LogP contribution in [0.15, 0.2) is 47.4 Å². The van der Waals surface area contributed by atoms with Crippen molar-refractivity contribution < 1.29 is 23.0 Å². The molecule has 1 heterocycles. The van der Waals surface area contributed by atoms with Gasteiger partial charge in [0.1, 0.15) is 24.3 Å². The second-order valence-electron chi connectivity index (χ2n) is 5.17. The summed E-state index contributed by atoms with van der Waals surface area (Å²) < 4.78 is 37.8. The minimum Gasteiger partial charge on any atom is -0.486 e. The lowest BCUT2D eigenvalue weighted by atomic mass is 10.2. The molecule has 1 amide bonds. The third-order valence-corrected chi connectivity index (χ3v) is 4.38. The summed E-state index contributed by atoms with van der Waals surface area (Å²) >= 11 is 0.945. The molecule has 1 N–H and O–H groups in total. The summed E-state index contributed by atoms with van der Waals surface area (Å²) in [7, 11) is 0. The van der Waals surface area contributed by atoms with Crippen LogP contribution in [0.5, 0.6) is 11.5 Å². The molecule has 1 unspecified atom stereocenters. The minimum atomic E-state index is -0.546. The number of amides is 1. The van der Waals surface area contributed by atoms with Crippen molar-refractivity contribution >= 4 is 17.7 Å². The highest BCUT2D eigenvalue weighted by Crippen LogP contribution is 2.30. The van der Waals surface area contributed by atoms with Gasteiger partial charge in [-0.15, -0.1) is 11.8 Å². The van der Waals surface area contributed by atoms with Crippen molar-refractivity contribution in [3.8, 4) is 11.5 Å². The number of thioether (sulfide) groups is 1. The summed E-state index contributed by atoms with van der Waals surface area (Å²) in [4.78, 5) is 12.0. The van der Waals surface area contributed by atoms with Crippen molar-refractivity contribution in [2.75, 3.05) is 18.9 Å². The molecule has 24 heavy (non-hydrogen) atoms. The molecule has 0 fully saturated rings. The van der Waals surface area contributed by atoms with Gasteiger partial charge in [-0.05, 0) is 30.3 Å². The van der Waals surface area contributed by atoms with Crippen LogP contribution in [-0.4, -0.2) is 30.9 Å². The van der Waals surface area contributed by atoms with Gasteiger partial charge in [-0.25, -0.2) is 8.78 Å². The first-order valence-electron chi connectivity index (χ1n) is 7.35. The number of carbonyl (C=O) groups is 1. The Kier molecular flexibility index (Phi) is 5.20. The molecule has 0 spiro atoms. The number of halogens is 2. The van der Waals surface area contributed by atoms with Crippen molar-refractivity contribution in [1.29, 1.82) is 0 Å². The first-order valence-corrected chi connectivity index (χ1v) is 8.33. The van der Waals surface area contributed by atoms with Crippen LogP contribution in [0.1, 0.15) is 0 Å². The van der Waals surface area contributed by atoms with Gasteiger partial charge < -0.3 is 14.8 Å². The van der Waals surface area contributed by atoms with Crippen molar-refractivity contribution in [3.63, 3.8) is 0 Å². The molecule has 0 saturated carbocycles. The SMILES string of the molecule is O=C(CSc1cc(F)ccc1F)NCC1COc2ccccc2O1. The molecular formula is C17H15F2NO3S. The zero-order valence-corrected chi connectivity index (χ0v) is 13.4. The number of benzene rings is 2. The highest BCUT2D eigenvalue weighted by atomic mass is 32.2. The normalized spacial score (nSPS) is 15.8. The van der Waals surface area contributed by atoms with Crippen LogP contribution in [0.25, 0.3) is 0 Å². The molecule has 2 aromatic carbocycles. The number of ether oxygens (including phenoxy) is 2. The fraction of sp³-hybridized carbons (Fsp3) is 0.235. The minimum absolute atomic E-state index is 0.00939. The fourth-order valence-electron chi connectivity index (χ4n) is 2.17. The Morgan fingerprint density at radius 2 is 2.00 bits per heavy atom. The molecule has 0 aliphatic carbocycles. The van der Waals surface area contributed by atoms with E-state index in [0.29, 0.717) is 18.1 Å². The van der Waals surface area contributed by atoms with Gasteiger partial charge in [0.25, 0.3) is 0 Å². The molecule has 0 saturated heterocycles. The van der Waals surface area contributed by atoms with Crippen molar-refractivity contribution in [2.45, 2.75) is 11.0 Å². The lowest BCUT2D eigenvalue weighted by Crippen LogP contribution is -2.41. The van der Waals surface area contributed by atoms with E-state index in [0.717, 1.165) is 30.0 Å². The molecule has 126 valence electrons. The third kappa shape index (κ3) is 4.17. The van der Waals surface area contributed by atoms with Crippen LogP contribution in [0.3, 0.4) is 0 Å². The van der Waals surface area contributed by atoms with E-state index in [2.05, 4.69) is 5.32 Å². The number of hydrogen-bond acceptors (Lipinski definition) is 4. The highest BCUT2D eigenvalue weighted by molar-refractivity contribution is 8.00. The molecular weight excluding hydrogens is 336 g/mol. The van der Waals surface area contributed by atoms with Gasteiger partial charge >= 0.3 is 0 Å². The van der Waals surface area contributed by atoms with Crippen molar-refractivity contribution in [1.82, 2.24) is 5.32 Å². The third-order valence-electron chi connectivity index (χ3n) is 3.35. The maximum absolute atomic E-state index is 13.5. The van der Waals surface area contributed by atoms with E-state index in [1.54, 1.807) is 6.07 Å². The zero-order chi connectivity index (χ0) is 16.9. The predicted molar refractivity (Wildman–Crippen MR) is 86.4 cm³/mol. The van der Waals surface area contributed by atoms with E-state index >= 15 is 0 Å². The number of rotatable bonds is 5. The quantitative estimate of drug-likeness (QED) is 0.842. The van der Waals surface area contributed by atoms with Crippen LogP contribution >= 0.6 is 11.8 Å². The Labute approximate surface area is 142 Å². The highest BCUT2D eigenvalue weighted by Gasteiger charge is 2.21. The summed E-state index contributed by atoms with van der Waals surface area (Å²) in [6.45, 7) is 0.613. The van der Waals surface area contributed by atoms with Gasteiger partial charge in [-0.2, -0.15) is 0 Å². The van der Waals surface area contributed by atoms with Gasteiger partial charge in [0, 0.05) is 4.90 Å². The average Bonchev–Trinajstić information content (AvgIpc) is 2.60. The summed E-state index contributed by atoms with van der Waals surface area (Å²) in [6.07, 6.45) is -0.292. The summed E-state index contributed by atoms with van der Waals surface area (Å²) in [6, 6.07) is 10.5. The van der Waals surface area contributed by atoms with Gasteiger partial charge in [-0.3, -0.25) is 4.79 Å². The monoisotopic (exact) mass is 351 g/mol. The van der Waals surface area contributed by atoms with Crippen LogP contribution < -0.4 is 14.8 Å². The first kappa shape index (κ1) is 16.6. The summed E-state index contributed by atoms with van der Waals surface area (Å²) in [5.41, 5.74) is 0. The van der Waals surface area contributed by atoms with Gasteiger partial charge in [0.15, 0.2) is 11.5 Å². The maximum Gasteiger partial charge on any atom is 0.230 e. The molecule has 3 rings (SSSR count). The summed E-state index contributed by atoms with van der Waals surface area (Å²) in [5, 5.41) is 2.71. The van der Waals surface area contributed by atoms with Crippen LogP contribution in [0.4, 0.5) is 8.78 Å². The van der Waals surface area contributed by atoms with Crippen LogP contribution in [0, 0.1) is 11.6 Å². The standard InChI is InChI=1S/C17H15F2NO3S/c18-11-5-6-13(19)16(7-11)24-10-17(21)20-8-12-9-22-14-3-1-2-4-15(14)23-12/h1-7,12H,8-10H2,(H,20,21). The molecule has 7 heteroatoms. The van der Waals surface area contributed by atoms with E-state index < -0.39 is 11.6 Å². The lowest BCUT2D eigenvalue weighted by Gasteiger charge is -2.26. The Bertz CT molecular complexity index is 742. The second kappa shape index (κ2) is 7.53. The second-order valence-corrected chi connectivity index (χ2v) is 6.18. The number of hydrogen-bond donors (Lipinski definition) is 1. The smallest absolute Gasteiger partial charge is 0.230 e. The van der Waals surface area contributed by atoms with Crippen LogP contribution in [-0.2, 0) is 4.79 Å².